The molecule has 0 radical (unpaired) electrons. The van der Waals surface area contributed by atoms with Gasteiger partial charge >= 0.3 is 0 Å². The van der Waals surface area contributed by atoms with Gasteiger partial charge in [0.25, 0.3) is 0 Å². The van der Waals surface area contributed by atoms with Gasteiger partial charge in [0, 0.05) is 4.47 Å². The van der Waals surface area contributed by atoms with Gasteiger partial charge in [-0.05, 0) is 24.1 Å². The Hall–Kier alpha value is -0.830. The highest BCUT2D eigenvalue weighted by Crippen LogP contribution is 2.16. The number of benzene rings is 1. The van der Waals surface area contributed by atoms with E-state index in [2.05, 4.69) is 21.1 Å². The van der Waals surface area contributed by atoms with Gasteiger partial charge in [-0.2, -0.15) is 0 Å². The first-order valence-electron chi connectivity index (χ1n) is 3.17. The van der Waals surface area contributed by atoms with Gasteiger partial charge in [0.2, 0.25) is 0 Å². The predicted molar refractivity (Wildman–Crippen MR) is 48.3 cm³/mol. The fourth-order valence-electron chi connectivity index (χ4n) is 0.756. The second-order valence-electron chi connectivity index (χ2n) is 2.25. The van der Waals surface area contributed by atoms with Crippen LogP contribution in [0.2, 0.25) is 0 Å². The van der Waals surface area contributed by atoms with Crippen molar-refractivity contribution in [3.8, 4) is 0 Å². The van der Waals surface area contributed by atoms with Crippen molar-refractivity contribution in [2.45, 2.75) is 6.92 Å². The van der Waals surface area contributed by atoms with Crippen molar-refractivity contribution in [1.82, 2.24) is 0 Å². The van der Waals surface area contributed by atoms with Crippen LogP contribution in [0.25, 0.3) is 0 Å². The van der Waals surface area contributed by atoms with Crippen molar-refractivity contribution < 1.29 is 5.21 Å². The minimum absolute atomic E-state index is 0.880. The van der Waals surface area contributed by atoms with E-state index in [-0.39, 0.29) is 0 Å². The average Bonchev–Trinajstić information content (AvgIpc) is 1.98. The minimum atomic E-state index is 0.880. The quantitative estimate of drug-likeness (QED) is 0.435. The molecule has 0 aromatic heterocycles. The average molecular weight is 214 g/mol. The highest BCUT2D eigenvalue weighted by atomic mass is 79.9. The Morgan fingerprint density at radius 1 is 1.55 bits per heavy atom. The van der Waals surface area contributed by atoms with E-state index in [0.717, 1.165) is 10.0 Å². The number of aryl methyl sites for hydroxylation is 1. The van der Waals surface area contributed by atoms with Crippen LogP contribution in [0.15, 0.2) is 27.8 Å². The van der Waals surface area contributed by atoms with Crippen LogP contribution in [-0.4, -0.2) is 11.4 Å². The summed E-state index contributed by atoms with van der Waals surface area (Å²) in [5.74, 6) is 0. The molecule has 1 aromatic carbocycles. The van der Waals surface area contributed by atoms with Gasteiger partial charge in [-0.3, -0.25) is 0 Å². The molecule has 0 aliphatic rings. The number of halogens is 1. The number of rotatable bonds is 1. The Labute approximate surface area is 73.7 Å². The van der Waals surface area contributed by atoms with E-state index in [1.54, 1.807) is 0 Å². The second-order valence-corrected chi connectivity index (χ2v) is 3.11. The standard InChI is InChI=1S/C8H8BrNO/c1-6-2-3-7(5-10-11)4-8(6)9/h2-5,11H,1H3/b10-5-. The molecule has 1 N–H and O–H groups in total. The summed E-state index contributed by atoms with van der Waals surface area (Å²) < 4.78 is 1.02. The van der Waals surface area contributed by atoms with Gasteiger partial charge in [-0.15, -0.1) is 0 Å². The van der Waals surface area contributed by atoms with Gasteiger partial charge in [-0.25, -0.2) is 0 Å². The second kappa shape index (κ2) is 3.53. The zero-order chi connectivity index (χ0) is 8.27. The summed E-state index contributed by atoms with van der Waals surface area (Å²) in [7, 11) is 0. The van der Waals surface area contributed by atoms with E-state index in [4.69, 9.17) is 5.21 Å². The summed E-state index contributed by atoms with van der Waals surface area (Å²) >= 11 is 3.37. The van der Waals surface area contributed by atoms with E-state index >= 15 is 0 Å². The van der Waals surface area contributed by atoms with Gasteiger partial charge in [-0.1, -0.05) is 33.2 Å². The van der Waals surface area contributed by atoms with Crippen molar-refractivity contribution in [3.05, 3.63) is 33.8 Å². The lowest BCUT2D eigenvalue weighted by Crippen LogP contribution is -1.82. The normalized spacial score (nSPS) is 10.7. The molecule has 3 heteroatoms. The topological polar surface area (TPSA) is 32.6 Å². The Bertz CT molecular complexity index is 283. The third-order valence-electron chi connectivity index (χ3n) is 1.40. The van der Waals surface area contributed by atoms with Crippen LogP contribution < -0.4 is 0 Å². The molecular formula is C8H8BrNO. The third-order valence-corrected chi connectivity index (χ3v) is 2.26. The molecule has 0 fully saturated rings. The van der Waals surface area contributed by atoms with Crippen LogP contribution in [-0.2, 0) is 0 Å². The summed E-state index contributed by atoms with van der Waals surface area (Å²) in [6.45, 7) is 2.00. The smallest absolute Gasteiger partial charge is 0.0734 e. The van der Waals surface area contributed by atoms with E-state index in [1.165, 1.54) is 11.8 Å². The minimum Gasteiger partial charge on any atom is -0.411 e. The molecule has 1 aromatic rings. The molecule has 0 aliphatic carbocycles. The molecule has 0 bridgehead atoms. The molecule has 1 rings (SSSR count). The Morgan fingerprint density at radius 3 is 2.82 bits per heavy atom. The highest BCUT2D eigenvalue weighted by molar-refractivity contribution is 9.10. The maximum Gasteiger partial charge on any atom is 0.0734 e. The highest BCUT2D eigenvalue weighted by Gasteiger charge is 1.93. The lowest BCUT2D eigenvalue weighted by Gasteiger charge is -1.97. The lowest BCUT2D eigenvalue weighted by atomic mass is 10.2. The van der Waals surface area contributed by atoms with Gasteiger partial charge in [0.1, 0.15) is 0 Å². The van der Waals surface area contributed by atoms with Gasteiger partial charge in [0.15, 0.2) is 0 Å². The number of hydrogen-bond donors (Lipinski definition) is 1. The van der Waals surface area contributed by atoms with Crippen molar-refractivity contribution in [2.75, 3.05) is 0 Å². The molecule has 11 heavy (non-hydrogen) atoms. The SMILES string of the molecule is Cc1ccc(/C=N\O)cc1Br. The zero-order valence-corrected chi connectivity index (χ0v) is 7.67. The summed E-state index contributed by atoms with van der Waals surface area (Å²) in [6, 6.07) is 5.75. The van der Waals surface area contributed by atoms with Crippen LogP contribution in [0.1, 0.15) is 11.1 Å². The lowest BCUT2D eigenvalue weighted by molar-refractivity contribution is 0.322. The van der Waals surface area contributed by atoms with Crippen LogP contribution in [0.3, 0.4) is 0 Å². The summed E-state index contributed by atoms with van der Waals surface area (Å²) in [5, 5.41) is 11.2. The Kier molecular flexibility index (Phi) is 2.65. The molecule has 58 valence electrons. The summed E-state index contributed by atoms with van der Waals surface area (Å²) in [6.07, 6.45) is 1.39. The first-order chi connectivity index (χ1) is 5.24. The molecule has 0 unspecified atom stereocenters. The maximum absolute atomic E-state index is 8.23. The van der Waals surface area contributed by atoms with Crippen molar-refractivity contribution >= 4 is 22.1 Å². The molecular weight excluding hydrogens is 206 g/mol. The van der Waals surface area contributed by atoms with Crippen molar-refractivity contribution in [2.24, 2.45) is 5.16 Å². The molecule has 0 aliphatic heterocycles. The molecule has 0 atom stereocenters. The Balaban J connectivity index is 3.05. The third kappa shape index (κ3) is 2.05. The molecule has 0 saturated heterocycles. The number of nitrogens with zero attached hydrogens (tertiary/aromatic N) is 1. The molecule has 0 spiro atoms. The van der Waals surface area contributed by atoms with Crippen LogP contribution in [0.4, 0.5) is 0 Å². The fourth-order valence-corrected chi connectivity index (χ4v) is 1.15. The predicted octanol–water partition coefficient (Wildman–Crippen LogP) is 2.57. The summed E-state index contributed by atoms with van der Waals surface area (Å²) in [4.78, 5) is 0. The summed E-state index contributed by atoms with van der Waals surface area (Å²) in [5.41, 5.74) is 2.05. The fraction of sp³-hybridized carbons (Fsp3) is 0.125. The first-order valence-corrected chi connectivity index (χ1v) is 3.97. The molecule has 0 saturated carbocycles. The molecule has 0 heterocycles. The largest absolute Gasteiger partial charge is 0.411 e. The van der Waals surface area contributed by atoms with E-state index in [9.17, 15) is 0 Å². The Morgan fingerprint density at radius 2 is 2.27 bits per heavy atom. The van der Waals surface area contributed by atoms with Crippen molar-refractivity contribution in [3.63, 3.8) is 0 Å². The molecule has 2 nitrogen and oxygen atoms in total. The number of hydrogen-bond acceptors (Lipinski definition) is 2. The van der Waals surface area contributed by atoms with Crippen LogP contribution in [0.5, 0.6) is 0 Å². The van der Waals surface area contributed by atoms with E-state index in [0.29, 0.717) is 0 Å². The molecule has 0 amide bonds. The first kappa shape index (κ1) is 8.27. The van der Waals surface area contributed by atoms with E-state index in [1.807, 2.05) is 25.1 Å². The number of oxime groups is 1. The van der Waals surface area contributed by atoms with Crippen LogP contribution >= 0.6 is 15.9 Å². The van der Waals surface area contributed by atoms with Crippen LogP contribution in [0, 0.1) is 6.92 Å². The monoisotopic (exact) mass is 213 g/mol. The van der Waals surface area contributed by atoms with Crippen molar-refractivity contribution in [1.29, 1.82) is 0 Å². The zero-order valence-electron chi connectivity index (χ0n) is 6.08. The maximum atomic E-state index is 8.23. The van der Waals surface area contributed by atoms with Gasteiger partial charge < -0.3 is 5.21 Å². The van der Waals surface area contributed by atoms with E-state index < -0.39 is 0 Å². The van der Waals surface area contributed by atoms with Gasteiger partial charge in [0.05, 0.1) is 6.21 Å².